The highest BCUT2D eigenvalue weighted by Crippen LogP contribution is 2.40. The Labute approximate surface area is 107 Å². The largest absolute Gasteiger partial charge is 0.492 e. The van der Waals surface area contributed by atoms with E-state index in [1.54, 1.807) is 0 Å². The second-order valence-electron chi connectivity index (χ2n) is 5.29. The molecule has 3 nitrogen and oxygen atoms in total. The van der Waals surface area contributed by atoms with Crippen molar-refractivity contribution in [2.24, 2.45) is 0 Å². The second kappa shape index (κ2) is 4.16. The van der Waals surface area contributed by atoms with Crippen LogP contribution in [0.4, 0.5) is 0 Å². The summed E-state index contributed by atoms with van der Waals surface area (Å²) in [6.45, 7) is 4.20. The zero-order chi connectivity index (χ0) is 12.6. The van der Waals surface area contributed by atoms with Crippen molar-refractivity contribution in [3.63, 3.8) is 0 Å². The monoisotopic (exact) mass is 243 g/mol. The molecule has 1 unspecified atom stereocenters. The Bertz CT molecular complexity index is 501. The molecule has 0 radical (unpaired) electrons. The third kappa shape index (κ3) is 1.80. The summed E-state index contributed by atoms with van der Waals surface area (Å²) in [5.74, 6) is 1.13. The minimum atomic E-state index is -0.184. The van der Waals surface area contributed by atoms with Crippen LogP contribution in [0.5, 0.6) is 5.75 Å². The van der Waals surface area contributed by atoms with E-state index in [4.69, 9.17) is 4.74 Å². The fourth-order valence-corrected chi connectivity index (χ4v) is 2.68. The Balaban J connectivity index is 1.78. The normalized spacial score (nSPS) is 25.1. The van der Waals surface area contributed by atoms with Gasteiger partial charge in [-0.15, -0.1) is 0 Å². The van der Waals surface area contributed by atoms with Gasteiger partial charge in [0.1, 0.15) is 5.75 Å². The molecule has 94 valence electrons. The van der Waals surface area contributed by atoms with Crippen LogP contribution < -0.4 is 4.74 Å². The molecule has 3 rings (SSSR count). The third-order valence-electron chi connectivity index (χ3n) is 3.80. The molecule has 1 amide bonds. The molecule has 0 aromatic heterocycles. The standard InChI is InChI=1S/C15H17NO2/c1-15(10-14(17)16-8-4-5-9-16)11-18-13-7-3-2-6-12(13)15/h2-7H,8-11H2,1H3. The molecule has 1 aromatic carbocycles. The predicted octanol–water partition coefficient (Wildman–Crippen LogP) is 2.13. The number of nitrogens with zero attached hydrogens (tertiary/aromatic N) is 1. The van der Waals surface area contributed by atoms with Gasteiger partial charge in [-0.1, -0.05) is 37.3 Å². The Hall–Kier alpha value is -1.77. The summed E-state index contributed by atoms with van der Waals surface area (Å²) in [5, 5.41) is 0. The van der Waals surface area contributed by atoms with E-state index in [0.29, 0.717) is 13.0 Å². The van der Waals surface area contributed by atoms with Gasteiger partial charge in [0.15, 0.2) is 0 Å². The summed E-state index contributed by atoms with van der Waals surface area (Å²) in [7, 11) is 0. The van der Waals surface area contributed by atoms with Gasteiger partial charge in [-0.3, -0.25) is 4.79 Å². The molecule has 0 bridgehead atoms. The lowest BCUT2D eigenvalue weighted by molar-refractivity contribution is -0.131. The first-order chi connectivity index (χ1) is 8.69. The van der Waals surface area contributed by atoms with Gasteiger partial charge >= 0.3 is 0 Å². The van der Waals surface area contributed by atoms with Gasteiger partial charge in [-0.2, -0.15) is 0 Å². The highest BCUT2D eigenvalue weighted by atomic mass is 16.5. The topological polar surface area (TPSA) is 29.5 Å². The summed E-state index contributed by atoms with van der Waals surface area (Å²) in [6, 6.07) is 8.02. The Morgan fingerprint density at radius 1 is 1.33 bits per heavy atom. The van der Waals surface area contributed by atoms with Gasteiger partial charge in [-0.05, 0) is 6.07 Å². The van der Waals surface area contributed by atoms with E-state index in [0.717, 1.165) is 24.4 Å². The van der Waals surface area contributed by atoms with E-state index in [1.165, 1.54) is 0 Å². The summed E-state index contributed by atoms with van der Waals surface area (Å²) >= 11 is 0. The van der Waals surface area contributed by atoms with E-state index < -0.39 is 0 Å². The van der Waals surface area contributed by atoms with E-state index in [1.807, 2.05) is 35.3 Å². The number of hydrogen-bond donors (Lipinski definition) is 0. The second-order valence-corrected chi connectivity index (χ2v) is 5.29. The fraction of sp³-hybridized carbons (Fsp3) is 0.400. The highest BCUT2D eigenvalue weighted by Gasteiger charge is 2.38. The zero-order valence-corrected chi connectivity index (χ0v) is 10.6. The number of carbonyl (C=O) groups is 1. The van der Waals surface area contributed by atoms with E-state index in [-0.39, 0.29) is 11.3 Å². The summed E-state index contributed by atoms with van der Waals surface area (Å²) in [5.41, 5.74) is 0.974. The molecule has 0 aliphatic carbocycles. The quantitative estimate of drug-likeness (QED) is 0.745. The number of ether oxygens (including phenoxy) is 1. The molecule has 3 heteroatoms. The molecule has 0 fully saturated rings. The number of benzene rings is 1. The Kier molecular flexibility index (Phi) is 2.62. The van der Waals surface area contributed by atoms with Gasteiger partial charge in [0, 0.05) is 30.5 Å². The number of amides is 1. The molecule has 18 heavy (non-hydrogen) atoms. The molecule has 0 saturated carbocycles. The minimum Gasteiger partial charge on any atom is -0.492 e. The first-order valence-corrected chi connectivity index (χ1v) is 6.34. The molecule has 0 N–H and O–H groups in total. The summed E-state index contributed by atoms with van der Waals surface area (Å²) < 4.78 is 5.69. The predicted molar refractivity (Wildman–Crippen MR) is 69.6 cm³/mol. The van der Waals surface area contributed by atoms with Crippen molar-refractivity contribution in [1.82, 2.24) is 4.90 Å². The molecule has 0 spiro atoms. The number of hydrogen-bond acceptors (Lipinski definition) is 2. The third-order valence-corrected chi connectivity index (χ3v) is 3.80. The van der Waals surface area contributed by atoms with Crippen LogP contribution in [-0.4, -0.2) is 30.5 Å². The van der Waals surface area contributed by atoms with Crippen molar-refractivity contribution in [2.75, 3.05) is 19.7 Å². The van der Waals surface area contributed by atoms with Crippen LogP contribution in [0.2, 0.25) is 0 Å². The van der Waals surface area contributed by atoms with Gasteiger partial charge in [0.25, 0.3) is 0 Å². The maximum absolute atomic E-state index is 12.2. The first-order valence-electron chi connectivity index (χ1n) is 6.34. The molecule has 1 atom stereocenters. The highest BCUT2D eigenvalue weighted by molar-refractivity contribution is 5.79. The van der Waals surface area contributed by atoms with Crippen LogP contribution in [0.25, 0.3) is 0 Å². The number of fused-ring (bicyclic) bond motifs is 1. The smallest absolute Gasteiger partial charge is 0.224 e. The lowest BCUT2D eigenvalue weighted by Gasteiger charge is -2.25. The molecule has 1 aromatic rings. The van der Waals surface area contributed by atoms with Crippen molar-refractivity contribution < 1.29 is 9.53 Å². The lowest BCUT2D eigenvalue weighted by atomic mass is 9.81. The van der Waals surface area contributed by atoms with Crippen molar-refractivity contribution in [3.8, 4) is 5.75 Å². The van der Waals surface area contributed by atoms with Gasteiger partial charge in [-0.25, -0.2) is 0 Å². The molecule has 2 heterocycles. The van der Waals surface area contributed by atoms with Crippen molar-refractivity contribution >= 4 is 5.91 Å². The minimum absolute atomic E-state index is 0.184. The molecule has 2 aliphatic rings. The number of carbonyl (C=O) groups excluding carboxylic acids is 1. The van der Waals surface area contributed by atoms with Gasteiger partial charge in [0.05, 0.1) is 6.61 Å². The first kappa shape index (κ1) is 11.3. The van der Waals surface area contributed by atoms with Crippen LogP contribution in [-0.2, 0) is 10.2 Å². The maximum Gasteiger partial charge on any atom is 0.224 e. The van der Waals surface area contributed by atoms with E-state index >= 15 is 0 Å². The van der Waals surface area contributed by atoms with Crippen LogP contribution in [0.3, 0.4) is 0 Å². The average Bonchev–Trinajstić information content (AvgIpc) is 2.99. The zero-order valence-electron chi connectivity index (χ0n) is 10.6. The summed E-state index contributed by atoms with van der Waals surface area (Å²) in [4.78, 5) is 14.1. The Morgan fingerprint density at radius 2 is 2.06 bits per heavy atom. The van der Waals surface area contributed by atoms with Gasteiger partial charge in [0.2, 0.25) is 5.91 Å². The molecule has 2 aliphatic heterocycles. The van der Waals surface area contributed by atoms with Crippen molar-refractivity contribution in [1.29, 1.82) is 0 Å². The molecular formula is C15H17NO2. The number of rotatable bonds is 2. The van der Waals surface area contributed by atoms with Crippen LogP contribution in [0.1, 0.15) is 18.9 Å². The van der Waals surface area contributed by atoms with Crippen LogP contribution in [0, 0.1) is 0 Å². The van der Waals surface area contributed by atoms with Crippen molar-refractivity contribution in [2.45, 2.75) is 18.8 Å². The SMILES string of the molecule is CC1(CC(=O)N2CC=CC2)COc2ccccc21. The fourth-order valence-electron chi connectivity index (χ4n) is 2.68. The molecular weight excluding hydrogens is 226 g/mol. The summed E-state index contributed by atoms with van der Waals surface area (Å²) in [6.07, 6.45) is 4.60. The lowest BCUT2D eigenvalue weighted by Crippen LogP contribution is -2.36. The van der Waals surface area contributed by atoms with E-state index in [2.05, 4.69) is 13.0 Å². The maximum atomic E-state index is 12.2. The Morgan fingerprint density at radius 3 is 2.83 bits per heavy atom. The number of para-hydroxylation sites is 1. The van der Waals surface area contributed by atoms with Crippen molar-refractivity contribution in [3.05, 3.63) is 42.0 Å². The van der Waals surface area contributed by atoms with Crippen LogP contribution in [0.15, 0.2) is 36.4 Å². The van der Waals surface area contributed by atoms with E-state index in [9.17, 15) is 4.79 Å². The van der Waals surface area contributed by atoms with Crippen LogP contribution >= 0.6 is 0 Å². The molecule has 0 saturated heterocycles. The average molecular weight is 243 g/mol. The van der Waals surface area contributed by atoms with Gasteiger partial charge < -0.3 is 9.64 Å².